The molecule has 16 heavy (non-hydrogen) atoms. The van der Waals surface area contributed by atoms with Crippen molar-refractivity contribution in [3.05, 3.63) is 21.9 Å². The van der Waals surface area contributed by atoms with E-state index in [0.29, 0.717) is 13.0 Å². The van der Waals surface area contributed by atoms with E-state index in [2.05, 4.69) is 5.16 Å². The van der Waals surface area contributed by atoms with Crippen LogP contribution in [0, 0.1) is 6.92 Å². The molecule has 1 aromatic heterocycles. The molecule has 0 atom stereocenters. The Labute approximate surface area is 98.2 Å². The Morgan fingerprint density at radius 3 is 2.88 bits per heavy atom. The lowest BCUT2D eigenvalue weighted by atomic mass is 10.2. The summed E-state index contributed by atoms with van der Waals surface area (Å²) < 4.78 is 0. The van der Waals surface area contributed by atoms with E-state index in [4.69, 9.17) is 10.9 Å². The van der Waals surface area contributed by atoms with E-state index in [1.165, 1.54) is 11.3 Å². The average molecular weight is 241 g/mol. The van der Waals surface area contributed by atoms with Crippen LogP contribution in [0.1, 0.15) is 21.7 Å². The van der Waals surface area contributed by atoms with Crippen LogP contribution in [0.25, 0.3) is 0 Å². The molecule has 0 saturated heterocycles. The van der Waals surface area contributed by atoms with Crippen LogP contribution in [0.2, 0.25) is 0 Å². The van der Waals surface area contributed by atoms with E-state index >= 15 is 0 Å². The fourth-order valence-corrected chi connectivity index (χ4v) is 2.12. The van der Waals surface area contributed by atoms with Gasteiger partial charge in [-0.1, -0.05) is 5.16 Å². The Bertz CT molecular complexity index is 401. The van der Waals surface area contributed by atoms with Crippen LogP contribution >= 0.6 is 11.3 Å². The van der Waals surface area contributed by atoms with Crippen molar-refractivity contribution in [2.45, 2.75) is 13.3 Å². The number of rotatable bonds is 4. The van der Waals surface area contributed by atoms with Crippen molar-refractivity contribution in [1.29, 1.82) is 0 Å². The fraction of sp³-hybridized carbons (Fsp3) is 0.400. The van der Waals surface area contributed by atoms with Crippen LogP contribution in [0.15, 0.2) is 16.6 Å². The number of oxime groups is 1. The van der Waals surface area contributed by atoms with Crippen molar-refractivity contribution in [2.24, 2.45) is 10.9 Å². The SMILES string of the molecule is Cc1ccsc1C(=O)N(C)CC/C(N)=N/O. The third kappa shape index (κ3) is 2.96. The average Bonchev–Trinajstić information content (AvgIpc) is 2.70. The van der Waals surface area contributed by atoms with Crippen molar-refractivity contribution >= 4 is 23.1 Å². The maximum Gasteiger partial charge on any atom is 0.263 e. The highest BCUT2D eigenvalue weighted by atomic mass is 32.1. The molecule has 0 spiro atoms. The van der Waals surface area contributed by atoms with Gasteiger partial charge in [-0.2, -0.15) is 0 Å². The van der Waals surface area contributed by atoms with Crippen LogP contribution in [-0.2, 0) is 0 Å². The number of nitrogens with zero attached hydrogens (tertiary/aromatic N) is 2. The summed E-state index contributed by atoms with van der Waals surface area (Å²) in [6.45, 7) is 2.34. The zero-order valence-electron chi connectivity index (χ0n) is 9.30. The van der Waals surface area contributed by atoms with Gasteiger partial charge in [0.1, 0.15) is 5.84 Å². The standard InChI is InChI=1S/C10H15N3O2S/c1-7-4-6-16-9(7)10(14)13(2)5-3-8(11)12-15/h4,6,15H,3,5H2,1-2H3,(H2,11,12). The monoisotopic (exact) mass is 241 g/mol. The van der Waals surface area contributed by atoms with Crippen LogP contribution in [-0.4, -0.2) is 35.4 Å². The lowest BCUT2D eigenvalue weighted by Gasteiger charge is -2.16. The second kappa shape index (κ2) is 5.50. The Kier molecular flexibility index (Phi) is 4.30. The van der Waals surface area contributed by atoms with Gasteiger partial charge in [0.05, 0.1) is 4.88 Å². The molecule has 1 rings (SSSR count). The van der Waals surface area contributed by atoms with Gasteiger partial charge in [0, 0.05) is 20.0 Å². The highest BCUT2D eigenvalue weighted by Crippen LogP contribution is 2.17. The summed E-state index contributed by atoms with van der Waals surface area (Å²) in [5.74, 6) is 0.0980. The molecule has 88 valence electrons. The van der Waals surface area contributed by atoms with E-state index < -0.39 is 0 Å². The molecule has 3 N–H and O–H groups in total. The molecule has 0 aromatic carbocycles. The van der Waals surface area contributed by atoms with Gasteiger partial charge in [-0.25, -0.2) is 0 Å². The number of carbonyl (C=O) groups is 1. The minimum Gasteiger partial charge on any atom is -0.409 e. The fourth-order valence-electron chi connectivity index (χ4n) is 1.20. The molecule has 6 heteroatoms. The summed E-state index contributed by atoms with van der Waals surface area (Å²) in [5.41, 5.74) is 6.31. The smallest absolute Gasteiger partial charge is 0.263 e. The molecule has 0 unspecified atom stereocenters. The Morgan fingerprint density at radius 2 is 2.38 bits per heavy atom. The van der Waals surface area contributed by atoms with Crippen molar-refractivity contribution < 1.29 is 10.0 Å². The van der Waals surface area contributed by atoms with Crippen LogP contribution in [0.3, 0.4) is 0 Å². The lowest BCUT2D eigenvalue weighted by molar-refractivity contribution is 0.0802. The van der Waals surface area contributed by atoms with Gasteiger partial charge in [-0.3, -0.25) is 4.79 Å². The zero-order valence-corrected chi connectivity index (χ0v) is 10.1. The van der Waals surface area contributed by atoms with Gasteiger partial charge in [0.25, 0.3) is 5.91 Å². The van der Waals surface area contributed by atoms with Gasteiger partial charge in [-0.05, 0) is 23.9 Å². The van der Waals surface area contributed by atoms with E-state index in [1.807, 2.05) is 18.4 Å². The normalized spacial score (nSPS) is 11.5. The Hall–Kier alpha value is -1.56. The summed E-state index contributed by atoms with van der Waals surface area (Å²) in [4.78, 5) is 14.2. The van der Waals surface area contributed by atoms with Gasteiger partial charge >= 0.3 is 0 Å². The highest BCUT2D eigenvalue weighted by molar-refractivity contribution is 7.12. The van der Waals surface area contributed by atoms with Gasteiger partial charge in [-0.15, -0.1) is 11.3 Å². The topological polar surface area (TPSA) is 78.9 Å². The number of amidine groups is 1. The molecule has 0 saturated carbocycles. The van der Waals surface area contributed by atoms with Crippen LogP contribution < -0.4 is 5.73 Å². The molecule has 0 radical (unpaired) electrons. The molecule has 0 aliphatic rings. The quantitative estimate of drug-likeness (QED) is 0.360. The van der Waals surface area contributed by atoms with E-state index in [1.54, 1.807) is 11.9 Å². The van der Waals surface area contributed by atoms with Crippen LogP contribution in [0.4, 0.5) is 0 Å². The number of carbonyl (C=O) groups excluding carboxylic acids is 1. The first-order valence-electron chi connectivity index (χ1n) is 4.82. The van der Waals surface area contributed by atoms with E-state index in [9.17, 15) is 4.79 Å². The first kappa shape index (κ1) is 12.5. The van der Waals surface area contributed by atoms with Gasteiger partial charge < -0.3 is 15.8 Å². The minimum atomic E-state index is -0.0294. The molecule has 0 bridgehead atoms. The molecule has 1 amide bonds. The first-order valence-corrected chi connectivity index (χ1v) is 5.70. The van der Waals surface area contributed by atoms with Crippen molar-refractivity contribution in [1.82, 2.24) is 4.90 Å². The number of aryl methyl sites for hydroxylation is 1. The molecular weight excluding hydrogens is 226 g/mol. The molecule has 5 nitrogen and oxygen atoms in total. The maximum absolute atomic E-state index is 11.9. The number of amides is 1. The number of hydrogen-bond donors (Lipinski definition) is 2. The second-order valence-electron chi connectivity index (χ2n) is 3.50. The summed E-state index contributed by atoms with van der Waals surface area (Å²) >= 11 is 1.42. The second-order valence-corrected chi connectivity index (χ2v) is 4.42. The van der Waals surface area contributed by atoms with Gasteiger partial charge in [0.2, 0.25) is 0 Å². The zero-order chi connectivity index (χ0) is 12.1. The molecule has 1 heterocycles. The third-order valence-corrected chi connectivity index (χ3v) is 3.24. The Morgan fingerprint density at radius 1 is 1.69 bits per heavy atom. The van der Waals surface area contributed by atoms with Crippen molar-refractivity contribution in [2.75, 3.05) is 13.6 Å². The molecule has 1 aromatic rings. The maximum atomic E-state index is 11.9. The summed E-state index contributed by atoms with van der Waals surface area (Å²) in [5, 5.41) is 13.1. The molecule has 0 aliphatic heterocycles. The Balaban J connectivity index is 2.58. The minimum absolute atomic E-state index is 0.0294. The molecular formula is C10H15N3O2S. The van der Waals surface area contributed by atoms with Crippen LogP contribution in [0.5, 0.6) is 0 Å². The number of thiophene rings is 1. The van der Waals surface area contributed by atoms with Crippen molar-refractivity contribution in [3.8, 4) is 0 Å². The first-order chi connectivity index (χ1) is 7.56. The number of nitrogens with two attached hydrogens (primary N) is 1. The predicted octanol–water partition coefficient (Wildman–Crippen LogP) is 1.27. The summed E-state index contributed by atoms with van der Waals surface area (Å²) in [6.07, 6.45) is 0.364. The predicted molar refractivity (Wildman–Crippen MR) is 64.0 cm³/mol. The van der Waals surface area contributed by atoms with Gasteiger partial charge in [0.15, 0.2) is 0 Å². The molecule has 0 aliphatic carbocycles. The van der Waals surface area contributed by atoms with Crippen molar-refractivity contribution in [3.63, 3.8) is 0 Å². The van der Waals surface area contributed by atoms with E-state index in [0.717, 1.165) is 10.4 Å². The summed E-state index contributed by atoms with van der Waals surface area (Å²) in [7, 11) is 1.70. The largest absolute Gasteiger partial charge is 0.409 e. The highest BCUT2D eigenvalue weighted by Gasteiger charge is 2.15. The van der Waals surface area contributed by atoms with E-state index in [-0.39, 0.29) is 11.7 Å². The summed E-state index contributed by atoms with van der Waals surface area (Å²) in [6, 6.07) is 1.91. The lowest BCUT2D eigenvalue weighted by Crippen LogP contribution is -2.30. The number of hydrogen-bond acceptors (Lipinski definition) is 4. The third-order valence-electron chi connectivity index (χ3n) is 2.23. The molecule has 0 fully saturated rings.